The van der Waals surface area contributed by atoms with E-state index in [1.165, 1.54) is 35.8 Å². The van der Waals surface area contributed by atoms with Crippen LogP contribution in [0.5, 0.6) is 0 Å². The molecule has 0 unspecified atom stereocenters. The zero-order valence-electron chi connectivity index (χ0n) is 10.9. The lowest BCUT2D eigenvalue weighted by Crippen LogP contribution is -2.14. The second-order valence-electron chi connectivity index (χ2n) is 4.18. The molecule has 1 aromatic carbocycles. The molecule has 0 spiro atoms. The van der Waals surface area contributed by atoms with Crippen LogP contribution >= 0.6 is 0 Å². The van der Waals surface area contributed by atoms with E-state index in [0.29, 0.717) is 5.82 Å². The van der Waals surface area contributed by atoms with Gasteiger partial charge < -0.3 is 5.32 Å². The van der Waals surface area contributed by atoms with E-state index in [9.17, 15) is 13.6 Å². The Hall–Kier alpha value is -3.23. The van der Waals surface area contributed by atoms with Gasteiger partial charge in [-0.25, -0.2) is 28.4 Å². The van der Waals surface area contributed by atoms with Crippen molar-refractivity contribution in [1.29, 1.82) is 0 Å². The molecule has 0 aliphatic carbocycles. The molecule has 3 rings (SSSR count). The van der Waals surface area contributed by atoms with Crippen molar-refractivity contribution in [3.63, 3.8) is 0 Å². The fourth-order valence-corrected chi connectivity index (χ4v) is 1.69. The number of nitrogens with zero attached hydrogens (tertiary/aromatic N) is 5. The molecule has 0 radical (unpaired) electrons. The quantitative estimate of drug-likeness (QED) is 0.794. The molecular formula is C13H8F2N6O. The van der Waals surface area contributed by atoms with Gasteiger partial charge in [-0.3, -0.25) is 4.79 Å². The van der Waals surface area contributed by atoms with E-state index in [-0.39, 0.29) is 11.4 Å². The van der Waals surface area contributed by atoms with Crippen LogP contribution in [0, 0.1) is 11.6 Å². The van der Waals surface area contributed by atoms with Crippen molar-refractivity contribution in [2.24, 2.45) is 0 Å². The summed E-state index contributed by atoms with van der Waals surface area (Å²) in [6.07, 6.45) is 4.00. The maximum absolute atomic E-state index is 13.1. The number of halogens is 2. The third-order valence-corrected chi connectivity index (χ3v) is 2.73. The summed E-state index contributed by atoms with van der Waals surface area (Å²) < 4.78 is 27.4. The van der Waals surface area contributed by atoms with Gasteiger partial charge in [0, 0.05) is 11.6 Å². The van der Waals surface area contributed by atoms with Crippen LogP contribution in [-0.4, -0.2) is 30.6 Å². The standard InChI is InChI=1S/C13H8F2N6O/c14-9-2-1-8(3-10(9)15)13(22)20-11-4-12(18-6-17-11)21-7-16-5-19-21/h1-7H,(H,17,18,20,22). The Bertz CT molecular complexity index is 821. The maximum atomic E-state index is 13.1. The van der Waals surface area contributed by atoms with Gasteiger partial charge in [-0.1, -0.05) is 0 Å². The van der Waals surface area contributed by atoms with Crippen molar-refractivity contribution in [1.82, 2.24) is 24.7 Å². The first kappa shape index (κ1) is 13.7. The SMILES string of the molecule is O=C(Nc1cc(-n2cncn2)ncn1)c1ccc(F)c(F)c1. The molecule has 0 aliphatic heterocycles. The van der Waals surface area contributed by atoms with Gasteiger partial charge in [0.15, 0.2) is 17.5 Å². The highest BCUT2D eigenvalue weighted by atomic mass is 19.2. The predicted molar refractivity (Wildman–Crippen MR) is 71.3 cm³/mol. The van der Waals surface area contributed by atoms with Gasteiger partial charge in [0.25, 0.3) is 5.91 Å². The molecule has 0 saturated heterocycles. The number of aromatic nitrogens is 5. The van der Waals surface area contributed by atoms with Crippen LogP contribution in [0.15, 0.2) is 43.2 Å². The van der Waals surface area contributed by atoms with Crippen molar-refractivity contribution in [3.05, 3.63) is 60.4 Å². The van der Waals surface area contributed by atoms with Crippen molar-refractivity contribution < 1.29 is 13.6 Å². The molecule has 2 heterocycles. The van der Waals surface area contributed by atoms with Gasteiger partial charge in [-0.05, 0) is 18.2 Å². The van der Waals surface area contributed by atoms with E-state index in [1.54, 1.807) is 0 Å². The molecule has 0 saturated carbocycles. The monoisotopic (exact) mass is 302 g/mol. The summed E-state index contributed by atoms with van der Waals surface area (Å²) in [5, 5.41) is 6.36. The highest BCUT2D eigenvalue weighted by Crippen LogP contribution is 2.12. The maximum Gasteiger partial charge on any atom is 0.256 e. The summed E-state index contributed by atoms with van der Waals surface area (Å²) in [6, 6.07) is 4.33. The smallest absolute Gasteiger partial charge is 0.256 e. The van der Waals surface area contributed by atoms with E-state index in [4.69, 9.17) is 0 Å². The first-order valence-corrected chi connectivity index (χ1v) is 6.07. The number of hydrogen-bond donors (Lipinski definition) is 1. The molecule has 0 atom stereocenters. The molecular weight excluding hydrogens is 294 g/mol. The van der Waals surface area contributed by atoms with Gasteiger partial charge in [0.2, 0.25) is 0 Å². The van der Waals surface area contributed by atoms with E-state index >= 15 is 0 Å². The first-order chi connectivity index (χ1) is 10.6. The van der Waals surface area contributed by atoms with Crippen molar-refractivity contribution in [3.8, 4) is 5.82 Å². The largest absolute Gasteiger partial charge is 0.306 e. The second-order valence-corrected chi connectivity index (χ2v) is 4.18. The summed E-state index contributed by atoms with van der Waals surface area (Å²) >= 11 is 0. The molecule has 22 heavy (non-hydrogen) atoms. The lowest BCUT2D eigenvalue weighted by Gasteiger charge is -2.06. The van der Waals surface area contributed by atoms with Crippen LogP contribution in [0.4, 0.5) is 14.6 Å². The zero-order chi connectivity index (χ0) is 15.5. The van der Waals surface area contributed by atoms with Crippen molar-refractivity contribution >= 4 is 11.7 Å². The minimum atomic E-state index is -1.10. The minimum Gasteiger partial charge on any atom is -0.306 e. The molecule has 110 valence electrons. The fourth-order valence-electron chi connectivity index (χ4n) is 1.69. The lowest BCUT2D eigenvalue weighted by atomic mass is 10.2. The minimum absolute atomic E-state index is 0.0279. The van der Waals surface area contributed by atoms with Gasteiger partial charge in [0.1, 0.15) is 24.8 Å². The summed E-state index contributed by atoms with van der Waals surface area (Å²) in [7, 11) is 0. The Morgan fingerprint density at radius 3 is 2.68 bits per heavy atom. The lowest BCUT2D eigenvalue weighted by molar-refractivity contribution is 0.102. The molecule has 9 heteroatoms. The molecule has 2 aromatic heterocycles. The van der Waals surface area contributed by atoms with Crippen LogP contribution in [0.2, 0.25) is 0 Å². The average molecular weight is 302 g/mol. The van der Waals surface area contributed by atoms with E-state index in [2.05, 4.69) is 25.4 Å². The topological polar surface area (TPSA) is 85.6 Å². The normalized spacial score (nSPS) is 10.5. The van der Waals surface area contributed by atoms with E-state index < -0.39 is 17.5 Å². The third-order valence-electron chi connectivity index (χ3n) is 2.73. The van der Waals surface area contributed by atoms with Crippen LogP contribution in [0.25, 0.3) is 5.82 Å². The third kappa shape index (κ3) is 2.77. The number of nitrogens with one attached hydrogen (secondary N) is 1. The number of hydrogen-bond acceptors (Lipinski definition) is 5. The molecule has 7 nitrogen and oxygen atoms in total. The molecule has 3 aromatic rings. The van der Waals surface area contributed by atoms with Crippen LogP contribution in [0.1, 0.15) is 10.4 Å². The number of rotatable bonds is 3. The van der Waals surface area contributed by atoms with Crippen LogP contribution in [0.3, 0.4) is 0 Å². The van der Waals surface area contributed by atoms with Crippen molar-refractivity contribution in [2.75, 3.05) is 5.32 Å². The summed E-state index contributed by atoms with van der Waals surface area (Å²) in [5.41, 5.74) is -0.0279. The molecule has 1 N–H and O–H groups in total. The Morgan fingerprint density at radius 2 is 1.95 bits per heavy atom. The Balaban J connectivity index is 1.82. The molecule has 0 bridgehead atoms. The summed E-state index contributed by atoms with van der Waals surface area (Å²) in [4.78, 5) is 23.6. The summed E-state index contributed by atoms with van der Waals surface area (Å²) in [5.74, 6) is -2.16. The number of amides is 1. The highest BCUT2D eigenvalue weighted by molar-refractivity contribution is 6.03. The van der Waals surface area contributed by atoms with Gasteiger partial charge in [-0.15, -0.1) is 0 Å². The van der Waals surface area contributed by atoms with Gasteiger partial charge in [0.05, 0.1) is 0 Å². The van der Waals surface area contributed by atoms with E-state index in [1.807, 2.05) is 0 Å². The number of benzene rings is 1. The summed E-state index contributed by atoms with van der Waals surface area (Å²) in [6.45, 7) is 0. The molecule has 0 aliphatic rings. The Labute approximate surface area is 122 Å². The zero-order valence-corrected chi connectivity index (χ0v) is 10.9. The van der Waals surface area contributed by atoms with E-state index in [0.717, 1.165) is 12.1 Å². The average Bonchev–Trinajstić information content (AvgIpc) is 3.04. The van der Waals surface area contributed by atoms with Crippen molar-refractivity contribution in [2.45, 2.75) is 0 Å². The second kappa shape index (κ2) is 5.64. The van der Waals surface area contributed by atoms with Gasteiger partial charge >= 0.3 is 0 Å². The number of anilines is 1. The highest BCUT2D eigenvalue weighted by Gasteiger charge is 2.11. The van der Waals surface area contributed by atoms with Crippen LogP contribution in [-0.2, 0) is 0 Å². The number of carbonyl (C=O) groups is 1. The predicted octanol–water partition coefficient (Wildman–Crippen LogP) is 1.59. The van der Waals surface area contributed by atoms with Gasteiger partial charge in [-0.2, -0.15) is 5.10 Å². The Morgan fingerprint density at radius 1 is 1.09 bits per heavy atom. The Kier molecular flexibility index (Phi) is 3.52. The molecule has 0 fully saturated rings. The first-order valence-electron chi connectivity index (χ1n) is 6.07. The number of carbonyl (C=O) groups excluding carboxylic acids is 1. The van der Waals surface area contributed by atoms with Crippen LogP contribution < -0.4 is 5.32 Å². The molecule has 1 amide bonds. The fraction of sp³-hybridized carbons (Fsp3) is 0.